The molecule has 0 bridgehead atoms. The molecule has 0 saturated carbocycles. The third-order valence-electron chi connectivity index (χ3n) is 3.39. The van der Waals surface area contributed by atoms with Crippen LogP contribution in [0.1, 0.15) is 6.92 Å². The Morgan fingerprint density at radius 3 is 2.54 bits per heavy atom. The molecule has 0 fully saturated rings. The van der Waals surface area contributed by atoms with Crippen molar-refractivity contribution in [2.24, 2.45) is 0 Å². The largest absolute Gasteiger partial charge is 0.497 e. The van der Waals surface area contributed by atoms with E-state index < -0.39 is 0 Å². The highest BCUT2D eigenvalue weighted by molar-refractivity contribution is 8.01. The van der Waals surface area contributed by atoms with Gasteiger partial charge in [-0.05, 0) is 42.5 Å². The number of carbonyl (C=O) groups is 2. The Bertz CT molecular complexity index is 939. The fourth-order valence-electron chi connectivity index (χ4n) is 2.24. The Labute approximate surface area is 159 Å². The Kier molecular flexibility index (Phi) is 5.75. The lowest BCUT2D eigenvalue weighted by atomic mass is 10.3. The van der Waals surface area contributed by atoms with Gasteiger partial charge in [-0.1, -0.05) is 11.8 Å². The van der Waals surface area contributed by atoms with Crippen LogP contribution in [0.15, 0.2) is 46.8 Å². The summed E-state index contributed by atoms with van der Waals surface area (Å²) < 4.78 is 6.87. The van der Waals surface area contributed by atoms with Crippen molar-refractivity contribution in [2.45, 2.75) is 11.3 Å². The van der Waals surface area contributed by atoms with Crippen LogP contribution in [0.4, 0.5) is 11.4 Å². The first-order chi connectivity index (χ1) is 12.5. The minimum Gasteiger partial charge on any atom is -0.497 e. The van der Waals surface area contributed by atoms with Crippen LogP contribution >= 0.6 is 23.1 Å². The summed E-state index contributed by atoms with van der Waals surface area (Å²) in [6.45, 7) is 1.47. The molecule has 0 aliphatic rings. The molecule has 1 aromatic heterocycles. The number of thiazole rings is 1. The molecule has 26 heavy (non-hydrogen) atoms. The number of thioether (sulfide) groups is 1. The zero-order valence-corrected chi connectivity index (χ0v) is 15.9. The van der Waals surface area contributed by atoms with Gasteiger partial charge in [0.1, 0.15) is 5.75 Å². The number of anilines is 2. The second-order valence-electron chi connectivity index (χ2n) is 5.41. The zero-order chi connectivity index (χ0) is 18.5. The lowest BCUT2D eigenvalue weighted by Gasteiger charge is -2.05. The summed E-state index contributed by atoms with van der Waals surface area (Å²) in [5, 5.41) is 5.59. The van der Waals surface area contributed by atoms with Crippen molar-refractivity contribution in [3.8, 4) is 5.75 Å². The molecule has 0 aliphatic heterocycles. The highest BCUT2D eigenvalue weighted by Gasteiger charge is 2.09. The number of fused-ring (bicyclic) bond motifs is 1. The second-order valence-corrected chi connectivity index (χ2v) is 7.66. The summed E-state index contributed by atoms with van der Waals surface area (Å²) in [5.41, 5.74) is 2.31. The van der Waals surface area contributed by atoms with E-state index in [1.807, 2.05) is 18.2 Å². The van der Waals surface area contributed by atoms with Gasteiger partial charge >= 0.3 is 0 Å². The lowest BCUT2D eigenvalue weighted by molar-refractivity contribution is -0.114. The number of rotatable bonds is 6. The van der Waals surface area contributed by atoms with Crippen molar-refractivity contribution < 1.29 is 14.3 Å². The molecule has 6 nitrogen and oxygen atoms in total. The summed E-state index contributed by atoms with van der Waals surface area (Å²) >= 11 is 2.88. The van der Waals surface area contributed by atoms with Gasteiger partial charge in [0, 0.05) is 18.3 Å². The molecule has 2 amide bonds. The number of nitrogens with zero attached hydrogens (tertiary/aromatic N) is 1. The maximum atomic E-state index is 12.1. The topological polar surface area (TPSA) is 80.3 Å². The number of aromatic nitrogens is 1. The number of hydrogen-bond acceptors (Lipinski definition) is 6. The maximum Gasteiger partial charge on any atom is 0.234 e. The van der Waals surface area contributed by atoms with Crippen LogP contribution in [-0.2, 0) is 9.59 Å². The van der Waals surface area contributed by atoms with Crippen molar-refractivity contribution in [3.63, 3.8) is 0 Å². The molecule has 0 radical (unpaired) electrons. The predicted octanol–water partition coefficient (Wildman–Crippen LogP) is 3.99. The lowest BCUT2D eigenvalue weighted by Crippen LogP contribution is -2.13. The molecule has 0 aliphatic carbocycles. The van der Waals surface area contributed by atoms with Crippen LogP contribution in [0.25, 0.3) is 10.2 Å². The van der Waals surface area contributed by atoms with E-state index in [4.69, 9.17) is 4.74 Å². The molecule has 0 spiro atoms. The Hall–Kier alpha value is -2.58. The number of methoxy groups -OCH3 is 1. The first kappa shape index (κ1) is 18.2. The van der Waals surface area contributed by atoms with Crippen molar-refractivity contribution in [1.29, 1.82) is 0 Å². The van der Waals surface area contributed by atoms with Gasteiger partial charge in [0.05, 0.1) is 23.1 Å². The van der Waals surface area contributed by atoms with E-state index in [-0.39, 0.29) is 17.6 Å². The molecular weight excluding hydrogens is 370 g/mol. The number of benzene rings is 2. The highest BCUT2D eigenvalue weighted by Crippen LogP contribution is 2.31. The van der Waals surface area contributed by atoms with Gasteiger partial charge in [0.15, 0.2) is 4.34 Å². The smallest absolute Gasteiger partial charge is 0.234 e. The van der Waals surface area contributed by atoms with Crippen LogP contribution in [-0.4, -0.2) is 29.7 Å². The highest BCUT2D eigenvalue weighted by atomic mass is 32.2. The molecule has 2 N–H and O–H groups in total. The average Bonchev–Trinajstić information content (AvgIpc) is 3.02. The molecule has 134 valence electrons. The van der Waals surface area contributed by atoms with Crippen LogP contribution in [0.2, 0.25) is 0 Å². The number of carbonyl (C=O) groups excluding carboxylic acids is 2. The Morgan fingerprint density at radius 2 is 1.85 bits per heavy atom. The third-order valence-corrected chi connectivity index (χ3v) is 5.55. The van der Waals surface area contributed by atoms with Crippen molar-refractivity contribution >= 4 is 56.5 Å². The van der Waals surface area contributed by atoms with E-state index in [0.29, 0.717) is 0 Å². The van der Waals surface area contributed by atoms with E-state index in [1.54, 1.807) is 31.4 Å². The Balaban J connectivity index is 1.59. The van der Waals surface area contributed by atoms with Gasteiger partial charge in [0.25, 0.3) is 0 Å². The van der Waals surface area contributed by atoms with E-state index in [9.17, 15) is 9.59 Å². The van der Waals surface area contributed by atoms with Crippen LogP contribution < -0.4 is 15.4 Å². The van der Waals surface area contributed by atoms with E-state index in [2.05, 4.69) is 15.6 Å². The molecule has 0 saturated heterocycles. The molecule has 3 aromatic rings. The first-order valence-corrected chi connectivity index (χ1v) is 9.58. The normalized spacial score (nSPS) is 10.5. The van der Waals surface area contributed by atoms with Gasteiger partial charge in [-0.15, -0.1) is 11.3 Å². The van der Waals surface area contributed by atoms with Gasteiger partial charge in [0.2, 0.25) is 11.8 Å². The van der Waals surface area contributed by atoms with Crippen molar-refractivity contribution in [2.75, 3.05) is 23.5 Å². The van der Waals surface area contributed by atoms with Crippen LogP contribution in [0.3, 0.4) is 0 Å². The SMILES string of the molecule is COc1ccc(NC(=O)CSc2nc3ccc(NC(C)=O)cc3s2)cc1. The van der Waals surface area contributed by atoms with Crippen LogP contribution in [0, 0.1) is 0 Å². The fourth-order valence-corrected chi connectivity index (χ4v) is 4.15. The van der Waals surface area contributed by atoms with Gasteiger partial charge < -0.3 is 15.4 Å². The second kappa shape index (κ2) is 8.20. The predicted molar refractivity (Wildman–Crippen MR) is 106 cm³/mol. The summed E-state index contributed by atoms with van der Waals surface area (Å²) in [7, 11) is 1.60. The zero-order valence-electron chi connectivity index (χ0n) is 14.2. The van der Waals surface area contributed by atoms with Gasteiger partial charge in [-0.25, -0.2) is 4.98 Å². The Morgan fingerprint density at radius 1 is 1.12 bits per heavy atom. The average molecular weight is 387 g/mol. The molecular formula is C18H17N3O3S2. The molecule has 8 heteroatoms. The number of ether oxygens (including phenoxy) is 1. The van der Waals surface area contributed by atoms with Gasteiger partial charge in [-0.3, -0.25) is 9.59 Å². The minimum atomic E-state index is -0.112. The summed E-state index contributed by atoms with van der Waals surface area (Å²) in [6.07, 6.45) is 0. The fraction of sp³-hybridized carbons (Fsp3) is 0.167. The van der Waals surface area contributed by atoms with E-state index >= 15 is 0 Å². The molecule has 0 unspecified atom stereocenters. The van der Waals surface area contributed by atoms with Crippen LogP contribution in [0.5, 0.6) is 5.75 Å². The maximum absolute atomic E-state index is 12.1. The van der Waals surface area contributed by atoms with Crippen molar-refractivity contribution in [3.05, 3.63) is 42.5 Å². The first-order valence-electron chi connectivity index (χ1n) is 7.78. The molecule has 2 aromatic carbocycles. The minimum absolute atomic E-state index is 0.0987. The quantitative estimate of drug-likeness (QED) is 0.625. The summed E-state index contributed by atoms with van der Waals surface area (Å²) in [6, 6.07) is 12.7. The molecule has 3 rings (SSSR count). The van der Waals surface area contributed by atoms with E-state index in [0.717, 1.165) is 31.7 Å². The molecule has 1 heterocycles. The third kappa shape index (κ3) is 4.74. The summed E-state index contributed by atoms with van der Waals surface area (Å²) in [4.78, 5) is 27.7. The standard InChI is InChI=1S/C18H17N3O3S2/c1-11(22)19-13-5-8-15-16(9-13)26-18(21-15)25-10-17(23)20-12-3-6-14(24-2)7-4-12/h3-9H,10H2,1-2H3,(H,19,22)(H,20,23). The van der Waals surface area contributed by atoms with Crippen molar-refractivity contribution in [1.82, 2.24) is 4.98 Å². The van der Waals surface area contributed by atoms with Gasteiger partial charge in [-0.2, -0.15) is 0 Å². The monoisotopic (exact) mass is 387 g/mol. The number of hydrogen-bond donors (Lipinski definition) is 2. The summed E-state index contributed by atoms with van der Waals surface area (Å²) in [5.74, 6) is 0.798. The number of nitrogens with one attached hydrogen (secondary N) is 2. The number of amides is 2. The van der Waals surface area contributed by atoms with E-state index in [1.165, 1.54) is 30.0 Å². The molecule has 0 atom stereocenters.